The van der Waals surface area contributed by atoms with Gasteiger partial charge < -0.3 is 0 Å². The van der Waals surface area contributed by atoms with E-state index < -0.39 is 17.6 Å². The third kappa shape index (κ3) is 2.45. The zero-order chi connectivity index (χ0) is 11.6. The van der Waals surface area contributed by atoms with E-state index in [4.69, 9.17) is 0 Å². The van der Waals surface area contributed by atoms with Crippen LogP contribution in [0.15, 0.2) is 23.3 Å². The number of halogens is 4. The third-order valence-corrected chi connectivity index (χ3v) is 1.84. The van der Waals surface area contributed by atoms with Crippen molar-refractivity contribution in [1.29, 1.82) is 0 Å². The summed E-state index contributed by atoms with van der Waals surface area (Å²) in [5, 5.41) is 4.52. The summed E-state index contributed by atoms with van der Waals surface area (Å²) in [4.78, 5) is 0. The van der Waals surface area contributed by atoms with E-state index in [1.807, 2.05) is 0 Å². The fourth-order valence-electron chi connectivity index (χ4n) is 1.01. The van der Waals surface area contributed by atoms with Gasteiger partial charge in [0.05, 0.1) is 11.3 Å². The predicted octanol–water partition coefficient (Wildman–Crippen LogP) is 2.90. The van der Waals surface area contributed by atoms with E-state index in [9.17, 15) is 17.6 Å². The van der Waals surface area contributed by atoms with Gasteiger partial charge in [0, 0.05) is 13.8 Å². The number of anilines is 1. The smallest absolute Gasteiger partial charge is 0.269 e. The fourth-order valence-corrected chi connectivity index (χ4v) is 1.01. The van der Waals surface area contributed by atoms with Crippen LogP contribution in [0.5, 0.6) is 0 Å². The second-order valence-corrected chi connectivity index (χ2v) is 2.83. The van der Waals surface area contributed by atoms with Crippen LogP contribution >= 0.6 is 0 Å². The first-order valence-electron chi connectivity index (χ1n) is 3.93. The van der Waals surface area contributed by atoms with E-state index >= 15 is 0 Å². The first-order valence-corrected chi connectivity index (χ1v) is 3.93. The van der Waals surface area contributed by atoms with Crippen LogP contribution in [0.2, 0.25) is 0 Å². The molecule has 2 nitrogen and oxygen atoms in total. The number of alkyl halides is 3. The molecule has 0 unspecified atom stereocenters. The summed E-state index contributed by atoms with van der Waals surface area (Å²) >= 11 is 0. The molecule has 0 saturated carbocycles. The van der Waals surface area contributed by atoms with Gasteiger partial charge in [-0.25, -0.2) is 4.39 Å². The second kappa shape index (κ2) is 3.88. The molecule has 0 spiro atoms. The van der Waals surface area contributed by atoms with Crippen LogP contribution in [0.25, 0.3) is 0 Å². The van der Waals surface area contributed by atoms with Crippen LogP contribution < -0.4 is 5.01 Å². The van der Waals surface area contributed by atoms with Gasteiger partial charge in [-0.15, -0.1) is 0 Å². The Kier molecular flexibility index (Phi) is 2.97. The quantitative estimate of drug-likeness (QED) is 0.425. The molecule has 0 N–H and O–H groups in total. The molecule has 1 aromatic carbocycles. The van der Waals surface area contributed by atoms with Crippen LogP contribution in [0.1, 0.15) is 5.56 Å². The van der Waals surface area contributed by atoms with Crippen LogP contribution in [0.3, 0.4) is 0 Å². The summed E-state index contributed by atoms with van der Waals surface area (Å²) in [5.74, 6) is -1.30. The van der Waals surface area contributed by atoms with Crippen molar-refractivity contribution in [2.24, 2.45) is 5.10 Å². The van der Waals surface area contributed by atoms with E-state index in [0.717, 1.165) is 11.1 Å². The van der Waals surface area contributed by atoms with Crippen molar-refractivity contribution in [2.75, 3.05) is 12.1 Å². The summed E-state index contributed by atoms with van der Waals surface area (Å²) in [7, 11) is 1.42. The minimum absolute atomic E-state index is 0.124. The maximum Gasteiger partial charge on any atom is 0.419 e. The molecule has 0 saturated heterocycles. The molecule has 0 atom stereocenters. The van der Waals surface area contributed by atoms with Crippen molar-refractivity contribution in [1.82, 2.24) is 0 Å². The fraction of sp³-hybridized carbons (Fsp3) is 0.222. The summed E-state index contributed by atoms with van der Waals surface area (Å²) in [6.07, 6.45) is -4.71. The molecule has 15 heavy (non-hydrogen) atoms. The molecule has 6 heteroatoms. The van der Waals surface area contributed by atoms with Gasteiger partial charge in [-0.3, -0.25) is 5.01 Å². The van der Waals surface area contributed by atoms with Crippen molar-refractivity contribution in [3.63, 3.8) is 0 Å². The van der Waals surface area contributed by atoms with E-state index in [0.29, 0.717) is 6.07 Å². The Bertz CT molecular complexity index is 373. The highest BCUT2D eigenvalue weighted by molar-refractivity contribution is 5.49. The molecule has 0 radical (unpaired) electrons. The lowest BCUT2D eigenvalue weighted by molar-refractivity contribution is -0.139. The summed E-state index contributed by atoms with van der Waals surface area (Å²) in [6.45, 7) is 3.15. The Balaban J connectivity index is 3.22. The monoisotopic (exact) mass is 220 g/mol. The Morgan fingerprint density at radius 3 is 2.40 bits per heavy atom. The van der Waals surface area contributed by atoms with Crippen LogP contribution in [0, 0.1) is 5.82 Å². The Hall–Kier alpha value is -1.59. The topological polar surface area (TPSA) is 15.6 Å². The molecule has 0 aliphatic rings. The van der Waals surface area contributed by atoms with Gasteiger partial charge in [0.2, 0.25) is 0 Å². The Morgan fingerprint density at radius 2 is 1.93 bits per heavy atom. The number of hydrogen-bond acceptors (Lipinski definition) is 2. The molecule has 0 fully saturated rings. The maximum atomic E-state index is 12.8. The van der Waals surface area contributed by atoms with Crippen LogP contribution in [-0.2, 0) is 6.18 Å². The second-order valence-electron chi connectivity index (χ2n) is 2.83. The molecule has 1 rings (SSSR count). The molecule has 0 aliphatic carbocycles. The predicted molar refractivity (Wildman–Crippen MR) is 49.4 cm³/mol. The van der Waals surface area contributed by atoms with Gasteiger partial charge in [0.25, 0.3) is 0 Å². The van der Waals surface area contributed by atoms with Crippen molar-refractivity contribution in [3.8, 4) is 0 Å². The highest BCUT2D eigenvalue weighted by Crippen LogP contribution is 2.33. The molecular formula is C9H8F4N2. The summed E-state index contributed by atoms with van der Waals surface area (Å²) in [5.41, 5.74) is -1.19. The molecule has 0 aliphatic heterocycles. The zero-order valence-electron chi connectivity index (χ0n) is 7.85. The highest BCUT2D eigenvalue weighted by atomic mass is 19.4. The minimum Gasteiger partial charge on any atom is -0.269 e. The molecule has 0 aromatic heterocycles. The normalized spacial score (nSPS) is 11.3. The number of hydrogen-bond donors (Lipinski definition) is 0. The van der Waals surface area contributed by atoms with Crippen molar-refractivity contribution in [2.45, 2.75) is 6.18 Å². The molecule has 1 aromatic rings. The molecule has 0 heterocycles. The zero-order valence-corrected chi connectivity index (χ0v) is 7.85. The largest absolute Gasteiger partial charge is 0.419 e. The summed E-state index contributed by atoms with van der Waals surface area (Å²) in [6, 6.07) is 2.63. The van der Waals surface area contributed by atoms with E-state index in [2.05, 4.69) is 11.8 Å². The Labute approximate surface area is 83.8 Å². The first-order chi connectivity index (χ1) is 6.86. The molecule has 82 valence electrons. The van der Waals surface area contributed by atoms with Crippen LogP contribution in [0.4, 0.5) is 23.2 Å². The van der Waals surface area contributed by atoms with E-state index in [-0.39, 0.29) is 5.69 Å². The number of benzene rings is 1. The highest BCUT2D eigenvalue weighted by Gasteiger charge is 2.34. The molecule has 0 bridgehead atoms. The SMILES string of the molecule is C=NN(C)c1ccc(F)c(C(F)(F)F)c1. The van der Waals surface area contributed by atoms with Gasteiger partial charge >= 0.3 is 6.18 Å². The van der Waals surface area contributed by atoms with Crippen molar-refractivity contribution >= 4 is 12.4 Å². The number of hydrazone groups is 1. The van der Waals surface area contributed by atoms with Crippen LogP contribution in [-0.4, -0.2) is 13.8 Å². The maximum absolute atomic E-state index is 12.8. The Morgan fingerprint density at radius 1 is 1.33 bits per heavy atom. The lowest BCUT2D eigenvalue weighted by atomic mass is 10.2. The van der Waals surface area contributed by atoms with Gasteiger partial charge in [-0.1, -0.05) is 0 Å². The van der Waals surface area contributed by atoms with Crippen molar-refractivity contribution in [3.05, 3.63) is 29.6 Å². The first kappa shape index (κ1) is 11.5. The van der Waals surface area contributed by atoms with Gasteiger partial charge in [0.1, 0.15) is 5.82 Å². The minimum atomic E-state index is -4.71. The van der Waals surface area contributed by atoms with Gasteiger partial charge in [-0.2, -0.15) is 18.3 Å². The van der Waals surface area contributed by atoms with E-state index in [1.54, 1.807) is 0 Å². The third-order valence-electron chi connectivity index (χ3n) is 1.84. The average Bonchev–Trinajstić information content (AvgIpc) is 2.15. The summed E-state index contributed by atoms with van der Waals surface area (Å²) < 4.78 is 49.7. The van der Waals surface area contributed by atoms with Gasteiger partial charge in [-0.05, 0) is 18.2 Å². The van der Waals surface area contributed by atoms with E-state index in [1.165, 1.54) is 13.1 Å². The molecular weight excluding hydrogens is 212 g/mol. The van der Waals surface area contributed by atoms with Gasteiger partial charge in [0.15, 0.2) is 0 Å². The lowest BCUT2D eigenvalue weighted by Gasteiger charge is -2.15. The standard InChI is InChI=1S/C9H8F4N2/c1-14-15(2)6-3-4-8(10)7(5-6)9(11,12)13/h3-5H,1H2,2H3. The lowest BCUT2D eigenvalue weighted by Crippen LogP contribution is -2.12. The number of rotatable bonds is 2. The van der Waals surface area contributed by atoms with Crippen molar-refractivity contribution < 1.29 is 17.6 Å². The average molecular weight is 220 g/mol. The molecule has 0 amide bonds. The number of nitrogens with zero attached hydrogens (tertiary/aromatic N) is 2.